The first-order valence-corrected chi connectivity index (χ1v) is 12.3. The third-order valence-corrected chi connectivity index (χ3v) is 6.82. The van der Waals surface area contributed by atoms with E-state index in [9.17, 15) is 29.4 Å². The number of carbonyl (C=O) groups excluding carboxylic acids is 2. The third kappa shape index (κ3) is 7.80. The second-order valence-corrected chi connectivity index (χ2v) is 9.43. The van der Waals surface area contributed by atoms with Gasteiger partial charge in [-0.25, -0.2) is 14.6 Å². The summed E-state index contributed by atoms with van der Waals surface area (Å²) in [4.78, 5) is 53.5. The van der Waals surface area contributed by atoms with Crippen LogP contribution in [0.4, 0.5) is 10.6 Å². The largest absolute Gasteiger partial charge is 0.480 e. The van der Waals surface area contributed by atoms with E-state index in [0.717, 1.165) is 25.7 Å². The van der Waals surface area contributed by atoms with Gasteiger partial charge >= 0.3 is 12.1 Å². The Morgan fingerprint density at radius 1 is 1.19 bits per heavy atom. The highest BCUT2D eigenvalue weighted by Crippen LogP contribution is 2.29. The highest BCUT2D eigenvalue weighted by molar-refractivity contribution is 5.86. The van der Waals surface area contributed by atoms with Crippen molar-refractivity contribution in [1.29, 1.82) is 0 Å². The van der Waals surface area contributed by atoms with E-state index in [1.165, 1.54) is 4.90 Å². The van der Waals surface area contributed by atoms with Gasteiger partial charge in [-0.2, -0.15) is 0 Å². The summed E-state index contributed by atoms with van der Waals surface area (Å²) < 4.78 is 5.62. The van der Waals surface area contributed by atoms with Crippen molar-refractivity contribution in [2.45, 2.75) is 57.2 Å². The molecule has 3 rings (SSSR count). The van der Waals surface area contributed by atoms with Gasteiger partial charge in [-0.15, -0.1) is 0 Å². The molecule has 0 bridgehead atoms. The van der Waals surface area contributed by atoms with Gasteiger partial charge in [0.1, 0.15) is 18.5 Å². The van der Waals surface area contributed by atoms with Crippen molar-refractivity contribution in [2.75, 3.05) is 31.6 Å². The first-order valence-electron chi connectivity index (χ1n) is 12.3. The van der Waals surface area contributed by atoms with Gasteiger partial charge in [-0.05, 0) is 37.3 Å². The molecule has 2 fully saturated rings. The number of carboxylic acid groups (broad SMARTS) is 2. The predicted octanol–water partition coefficient (Wildman–Crippen LogP) is 1.14. The fraction of sp³-hybridized carbons (Fsp3) is 0.625. The lowest BCUT2D eigenvalue weighted by atomic mass is 9.80. The van der Waals surface area contributed by atoms with Gasteiger partial charge in [0.05, 0.1) is 18.7 Å². The molecule has 5 atom stereocenters. The molecule has 1 saturated heterocycles. The molecule has 0 spiro atoms. The van der Waals surface area contributed by atoms with Gasteiger partial charge in [0.25, 0.3) is 0 Å². The van der Waals surface area contributed by atoms with E-state index >= 15 is 0 Å². The number of carboxylic acids is 1. The number of carbonyl (C=O) groups is 4. The number of aliphatic carboxylic acids is 1. The molecule has 2 aliphatic rings. The number of hydrogen-bond acceptors (Lipinski definition) is 7. The summed E-state index contributed by atoms with van der Waals surface area (Å²) in [5, 5.41) is 27.1. The summed E-state index contributed by atoms with van der Waals surface area (Å²) in [7, 11) is 0. The van der Waals surface area contributed by atoms with Crippen molar-refractivity contribution < 1.29 is 34.1 Å². The molecule has 198 valence electrons. The van der Waals surface area contributed by atoms with Crippen molar-refractivity contribution in [1.82, 2.24) is 20.5 Å². The normalized spacial score (nSPS) is 24.5. The number of nitrogens with one attached hydrogen (secondary N) is 3. The Kier molecular flexibility index (Phi) is 9.86. The van der Waals surface area contributed by atoms with Crippen molar-refractivity contribution >= 4 is 29.7 Å². The molecule has 1 aromatic heterocycles. The third-order valence-electron chi connectivity index (χ3n) is 6.82. The number of ether oxygens (including phenoxy) is 1. The maximum absolute atomic E-state index is 12.6. The van der Waals surface area contributed by atoms with Crippen LogP contribution in [0.15, 0.2) is 24.4 Å². The molecule has 5 unspecified atom stereocenters. The van der Waals surface area contributed by atoms with Crippen molar-refractivity contribution in [3.05, 3.63) is 24.4 Å². The summed E-state index contributed by atoms with van der Waals surface area (Å²) in [5.74, 6) is -1.48. The number of hydrogen-bond donors (Lipinski definition) is 5. The van der Waals surface area contributed by atoms with Crippen molar-refractivity contribution in [3.63, 3.8) is 0 Å². The smallest absolute Gasteiger partial charge is 0.407 e. The summed E-state index contributed by atoms with van der Waals surface area (Å²) in [5.41, 5.74) is 0. The molecule has 12 heteroatoms. The van der Waals surface area contributed by atoms with Crippen LogP contribution in [0, 0.1) is 11.8 Å². The van der Waals surface area contributed by atoms with Crippen molar-refractivity contribution in [3.8, 4) is 0 Å². The topological polar surface area (TPSA) is 170 Å². The first kappa shape index (κ1) is 27.2. The predicted molar refractivity (Wildman–Crippen MR) is 129 cm³/mol. The molecular weight excluding hydrogens is 470 g/mol. The summed E-state index contributed by atoms with van der Waals surface area (Å²) in [6, 6.07) is 3.78. The Morgan fingerprint density at radius 2 is 1.97 bits per heavy atom. The Morgan fingerprint density at radius 3 is 2.64 bits per heavy atom. The molecular formula is C24H35N5O7. The van der Waals surface area contributed by atoms with Crippen LogP contribution in [0.1, 0.15) is 39.0 Å². The van der Waals surface area contributed by atoms with E-state index in [1.807, 2.05) is 13.0 Å². The Bertz CT molecular complexity index is 915. The number of aromatic nitrogens is 1. The molecule has 1 aromatic rings. The molecule has 0 radical (unpaired) electrons. The zero-order chi connectivity index (χ0) is 26.1. The molecule has 0 aromatic carbocycles. The maximum Gasteiger partial charge on any atom is 0.407 e. The van der Waals surface area contributed by atoms with Gasteiger partial charge < -0.3 is 35.8 Å². The van der Waals surface area contributed by atoms with Crippen molar-refractivity contribution in [2.24, 2.45) is 11.8 Å². The highest BCUT2D eigenvalue weighted by Gasteiger charge is 2.36. The minimum atomic E-state index is -1.24. The Hall–Kier alpha value is -3.41. The average molecular weight is 506 g/mol. The van der Waals surface area contributed by atoms with Gasteiger partial charge in [0.15, 0.2) is 0 Å². The van der Waals surface area contributed by atoms with Gasteiger partial charge in [0, 0.05) is 25.2 Å². The van der Waals surface area contributed by atoms with Crippen LogP contribution in [0.5, 0.6) is 0 Å². The number of nitrogens with zero attached hydrogens (tertiary/aromatic N) is 2. The number of anilines is 1. The molecule has 1 aliphatic carbocycles. The quantitative estimate of drug-likeness (QED) is 0.296. The van der Waals surface area contributed by atoms with Gasteiger partial charge in [-0.3, -0.25) is 9.59 Å². The van der Waals surface area contributed by atoms with E-state index in [0.29, 0.717) is 18.8 Å². The highest BCUT2D eigenvalue weighted by atomic mass is 16.5. The molecule has 1 aliphatic heterocycles. The second kappa shape index (κ2) is 13.1. The minimum Gasteiger partial charge on any atom is -0.480 e. The summed E-state index contributed by atoms with van der Waals surface area (Å²) in [6.45, 7) is 1.83. The Labute approximate surface area is 209 Å². The van der Waals surface area contributed by atoms with E-state index in [1.54, 1.807) is 18.3 Å². The van der Waals surface area contributed by atoms with Crippen LogP contribution in [0.2, 0.25) is 0 Å². The lowest BCUT2D eigenvalue weighted by Crippen LogP contribution is -2.51. The minimum absolute atomic E-state index is 0.116. The SMILES string of the molecule is CC1CCCCC1C(=O)NC(CNC(=O)COC1CC(CNc2ccccn2)N(C(=O)O)C1)C(=O)O. The summed E-state index contributed by atoms with van der Waals surface area (Å²) >= 11 is 0. The number of likely N-dealkylation sites (tertiary alicyclic amines) is 1. The van der Waals surface area contributed by atoms with E-state index in [4.69, 9.17) is 4.74 Å². The monoisotopic (exact) mass is 505 g/mol. The lowest BCUT2D eigenvalue weighted by molar-refractivity contribution is -0.143. The first-order chi connectivity index (χ1) is 17.2. The van der Waals surface area contributed by atoms with E-state index < -0.39 is 30.1 Å². The van der Waals surface area contributed by atoms with E-state index in [2.05, 4.69) is 20.9 Å². The zero-order valence-corrected chi connectivity index (χ0v) is 20.4. The number of amides is 3. The van der Waals surface area contributed by atoms with Crippen LogP contribution in [-0.2, 0) is 19.1 Å². The zero-order valence-electron chi connectivity index (χ0n) is 20.4. The van der Waals surface area contributed by atoms with Gasteiger partial charge in [0.2, 0.25) is 11.8 Å². The average Bonchev–Trinajstić information content (AvgIpc) is 3.28. The fourth-order valence-electron chi connectivity index (χ4n) is 4.76. The maximum atomic E-state index is 12.6. The van der Waals surface area contributed by atoms with E-state index in [-0.39, 0.29) is 43.5 Å². The van der Waals surface area contributed by atoms with Crippen LogP contribution >= 0.6 is 0 Å². The second-order valence-electron chi connectivity index (χ2n) is 9.43. The van der Waals surface area contributed by atoms with Crippen LogP contribution in [0.3, 0.4) is 0 Å². The molecule has 5 N–H and O–H groups in total. The molecule has 3 amide bonds. The Balaban J connectivity index is 1.42. The van der Waals surface area contributed by atoms with Crippen LogP contribution < -0.4 is 16.0 Å². The fourth-order valence-corrected chi connectivity index (χ4v) is 4.76. The molecule has 12 nitrogen and oxygen atoms in total. The molecule has 1 saturated carbocycles. The molecule has 36 heavy (non-hydrogen) atoms. The molecule has 2 heterocycles. The van der Waals surface area contributed by atoms with Gasteiger partial charge in [-0.1, -0.05) is 25.8 Å². The van der Waals surface area contributed by atoms with Crippen LogP contribution in [0.25, 0.3) is 0 Å². The van der Waals surface area contributed by atoms with Crippen LogP contribution in [-0.4, -0.2) is 88.4 Å². The number of pyridine rings is 1. The standard InChI is InChI=1S/C24H35N5O7/c1-15-6-2-3-7-18(15)22(31)28-19(23(32)33)12-27-21(30)14-36-17-10-16(29(13-17)24(34)35)11-26-20-8-4-5-9-25-20/h4-5,8-9,15-19H,2-3,6-7,10-14H2,1H3,(H,25,26)(H,27,30)(H,28,31)(H,32,33)(H,34,35). The number of rotatable bonds is 11. The lowest BCUT2D eigenvalue weighted by Gasteiger charge is -2.28. The summed E-state index contributed by atoms with van der Waals surface area (Å²) in [6.07, 6.45) is 4.14.